The Morgan fingerprint density at radius 1 is 1.42 bits per heavy atom. The lowest BCUT2D eigenvalue weighted by atomic mass is 9.96. The number of nitrogens with two attached hydrogens (primary N) is 1. The van der Waals surface area contributed by atoms with Crippen LogP contribution in [0.1, 0.15) is 23.2 Å². The van der Waals surface area contributed by atoms with Crippen LogP contribution in [0.2, 0.25) is 0 Å². The van der Waals surface area contributed by atoms with Gasteiger partial charge in [0.15, 0.2) is 0 Å². The molecule has 1 aliphatic rings. The Kier molecular flexibility index (Phi) is 6.49. The number of rotatable bonds is 2. The summed E-state index contributed by atoms with van der Waals surface area (Å²) in [5.41, 5.74) is 6.05. The minimum absolute atomic E-state index is 0. The van der Waals surface area contributed by atoms with E-state index in [0.29, 0.717) is 34.7 Å². The van der Waals surface area contributed by atoms with Gasteiger partial charge in [-0.1, -0.05) is 0 Å². The van der Waals surface area contributed by atoms with Gasteiger partial charge in [-0.2, -0.15) is 0 Å². The van der Waals surface area contributed by atoms with Crippen molar-refractivity contribution in [2.24, 2.45) is 11.7 Å². The van der Waals surface area contributed by atoms with Crippen molar-refractivity contribution in [1.29, 1.82) is 0 Å². The molecule has 19 heavy (non-hydrogen) atoms. The summed E-state index contributed by atoms with van der Waals surface area (Å²) in [4.78, 5) is 14.0. The zero-order chi connectivity index (χ0) is 13.1. The van der Waals surface area contributed by atoms with E-state index in [2.05, 4.69) is 0 Å². The molecule has 0 unspecified atom stereocenters. The number of nitrogens with zero attached hydrogens (tertiary/aromatic N) is 1. The van der Waals surface area contributed by atoms with Crippen molar-refractivity contribution in [3.8, 4) is 0 Å². The molecule has 0 bridgehead atoms. The Morgan fingerprint density at radius 2 is 2.05 bits per heavy atom. The van der Waals surface area contributed by atoms with Crippen LogP contribution in [0.25, 0.3) is 0 Å². The van der Waals surface area contributed by atoms with Gasteiger partial charge in [-0.15, -0.1) is 12.4 Å². The van der Waals surface area contributed by atoms with Gasteiger partial charge in [0.25, 0.3) is 5.91 Å². The van der Waals surface area contributed by atoms with Crippen molar-refractivity contribution in [2.45, 2.75) is 12.8 Å². The molecule has 0 radical (unpaired) electrons. The number of piperidine rings is 1. The predicted octanol–water partition coefficient (Wildman–Crippen LogP) is 2.66. The SMILES string of the molecule is Cl.NCC1CCN(C(=O)c2ccc(I)c(F)c2)CC1. The molecule has 0 aliphatic carbocycles. The highest BCUT2D eigenvalue weighted by Crippen LogP contribution is 2.19. The first-order valence-corrected chi connectivity index (χ1v) is 7.14. The number of halogens is 3. The molecule has 0 atom stereocenters. The summed E-state index contributed by atoms with van der Waals surface area (Å²) in [6.07, 6.45) is 1.88. The quantitative estimate of drug-likeness (QED) is 0.779. The monoisotopic (exact) mass is 398 g/mol. The molecule has 3 nitrogen and oxygen atoms in total. The van der Waals surface area contributed by atoms with E-state index in [4.69, 9.17) is 5.73 Å². The molecular weight excluding hydrogens is 382 g/mol. The molecule has 2 N–H and O–H groups in total. The number of hydrogen-bond donors (Lipinski definition) is 1. The van der Waals surface area contributed by atoms with Crippen molar-refractivity contribution in [3.05, 3.63) is 33.1 Å². The van der Waals surface area contributed by atoms with Crippen LogP contribution in [0.15, 0.2) is 18.2 Å². The Bertz CT molecular complexity index is 450. The maximum absolute atomic E-state index is 13.4. The van der Waals surface area contributed by atoms with Crippen molar-refractivity contribution < 1.29 is 9.18 Å². The maximum atomic E-state index is 13.4. The van der Waals surface area contributed by atoms with Crippen LogP contribution in [0.3, 0.4) is 0 Å². The average molecular weight is 399 g/mol. The van der Waals surface area contributed by atoms with Crippen LogP contribution in [0, 0.1) is 15.3 Å². The standard InChI is InChI=1S/C13H16FIN2O.ClH/c14-11-7-10(1-2-12(11)15)13(18)17-5-3-9(8-16)4-6-17;/h1-2,7,9H,3-6,8,16H2;1H. The second-order valence-electron chi connectivity index (χ2n) is 4.60. The minimum atomic E-state index is -0.335. The molecule has 106 valence electrons. The molecule has 1 aromatic carbocycles. The van der Waals surface area contributed by atoms with E-state index in [1.807, 2.05) is 22.6 Å². The highest BCUT2D eigenvalue weighted by Gasteiger charge is 2.23. The molecule has 1 aliphatic heterocycles. The predicted molar refractivity (Wildman–Crippen MR) is 84.0 cm³/mol. The number of benzene rings is 1. The third kappa shape index (κ3) is 4.03. The number of amides is 1. The summed E-state index contributed by atoms with van der Waals surface area (Å²) < 4.78 is 14.0. The van der Waals surface area contributed by atoms with E-state index in [1.54, 1.807) is 17.0 Å². The number of hydrogen-bond acceptors (Lipinski definition) is 2. The number of carbonyl (C=O) groups excluding carboxylic acids is 1. The zero-order valence-electron chi connectivity index (χ0n) is 10.4. The first-order valence-electron chi connectivity index (χ1n) is 6.06. The van der Waals surface area contributed by atoms with Crippen molar-refractivity contribution in [2.75, 3.05) is 19.6 Å². The summed E-state index contributed by atoms with van der Waals surface area (Å²) in [5.74, 6) is 0.0987. The maximum Gasteiger partial charge on any atom is 0.253 e. The summed E-state index contributed by atoms with van der Waals surface area (Å²) in [6.45, 7) is 2.11. The molecule has 0 saturated carbocycles. The van der Waals surface area contributed by atoms with E-state index in [0.717, 1.165) is 12.8 Å². The summed E-state index contributed by atoms with van der Waals surface area (Å²) in [6, 6.07) is 4.64. The van der Waals surface area contributed by atoms with Gasteiger partial charge in [0.1, 0.15) is 5.82 Å². The Balaban J connectivity index is 0.00000180. The molecule has 0 aromatic heterocycles. The van der Waals surface area contributed by atoms with Crippen LogP contribution >= 0.6 is 35.0 Å². The van der Waals surface area contributed by atoms with Gasteiger partial charge in [-0.25, -0.2) is 4.39 Å². The van der Waals surface area contributed by atoms with Gasteiger partial charge in [-0.05, 0) is 66.1 Å². The minimum Gasteiger partial charge on any atom is -0.339 e. The fourth-order valence-corrected chi connectivity index (χ4v) is 2.52. The lowest BCUT2D eigenvalue weighted by Gasteiger charge is -2.31. The molecular formula is C13H17ClFIN2O. The summed E-state index contributed by atoms with van der Waals surface area (Å²) >= 11 is 1.91. The van der Waals surface area contributed by atoms with Gasteiger partial charge >= 0.3 is 0 Å². The second kappa shape index (κ2) is 7.40. The van der Waals surface area contributed by atoms with Crippen LogP contribution in [-0.4, -0.2) is 30.4 Å². The highest BCUT2D eigenvalue weighted by atomic mass is 127. The fraction of sp³-hybridized carbons (Fsp3) is 0.462. The van der Waals surface area contributed by atoms with Gasteiger partial charge in [0.2, 0.25) is 0 Å². The van der Waals surface area contributed by atoms with Crippen molar-refractivity contribution >= 4 is 40.9 Å². The lowest BCUT2D eigenvalue weighted by molar-refractivity contribution is 0.0693. The third-order valence-electron chi connectivity index (χ3n) is 3.40. The molecule has 0 spiro atoms. The summed E-state index contributed by atoms with van der Waals surface area (Å²) in [7, 11) is 0. The molecule has 6 heteroatoms. The van der Waals surface area contributed by atoms with Crippen LogP contribution in [-0.2, 0) is 0 Å². The van der Waals surface area contributed by atoms with Crippen molar-refractivity contribution in [3.63, 3.8) is 0 Å². The molecule has 1 heterocycles. The molecule has 1 amide bonds. The lowest BCUT2D eigenvalue weighted by Crippen LogP contribution is -2.40. The fourth-order valence-electron chi connectivity index (χ4n) is 2.18. The van der Waals surface area contributed by atoms with E-state index in [-0.39, 0.29) is 24.1 Å². The zero-order valence-corrected chi connectivity index (χ0v) is 13.4. The second-order valence-corrected chi connectivity index (χ2v) is 5.76. The summed E-state index contributed by atoms with van der Waals surface area (Å²) in [5, 5.41) is 0. The van der Waals surface area contributed by atoms with Crippen LogP contribution < -0.4 is 5.73 Å². The normalized spacial score (nSPS) is 16.1. The molecule has 2 rings (SSSR count). The molecule has 1 saturated heterocycles. The smallest absolute Gasteiger partial charge is 0.253 e. The van der Waals surface area contributed by atoms with E-state index < -0.39 is 0 Å². The van der Waals surface area contributed by atoms with E-state index in [9.17, 15) is 9.18 Å². The molecule has 1 fully saturated rings. The van der Waals surface area contributed by atoms with Crippen LogP contribution in [0.4, 0.5) is 4.39 Å². The van der Waals surface area contributed by atoms with Gasteiger partial charge in [0.05, 0.1) is 0 Å². The van der Waals surface area contributed by atoms with Gasteiger partial charge in [0, 0.05) is 22.2 Å². The topological polar surface area (TPSA) is 46.3 Å². The first-order chi connectivity index (χ1) is 8.61. The Morgan fingerprint density at radius 3 is 2.58 bits per heavy atom. The largest absolute Gasteiger partial charge is 0.339 e. The van der Waals surface area contributed by atoms with Crippen LogP contribution in [0.5, 0.6) is 0 Å². The van der Waals surface area contributed by atoms with Crippen molar-refractivity contribution in [1.82, 2.24) is 4.90 Å². The molecule has 1 aromatic rings. The van der Waals surface area contributed by atoms with Gasteiger partial charge < -0.3 is 10.6 Å². The Labute approximate surface area is 132 Å². The van der Waals surface area contributed by atoms with E-state index >= 15 is 0 Å². The average Bonchev–Trinajstić information content (AvgIpc) is 2.41. The first kappa shape index (κ1) is 16.7. The number of likely N-dealkylation sites (tertiary alicyclic amines) is 1. The van der Waals surface area contributed by atoms with E-state index in [1.165, 1.54) is 6.07 Å². The Hall–Kier alpha value is -0.400. The van der Waals surface area contributed by atoms with Gasteiger partial charge in [-0.3, -0.25) is 4.79 Å². The highest BCUT2D eigenvalue weighted by molar-refractivity contribution is 14.1. The third-order valence-corrected chi connectivity index (χ3v) is 4.28. The number of carbonyl (C=O) groups is 1.